The van der Waals surface area contributed by atoms with Crippen LogP contribution in [0.1, 0.15) is 49.7 Å². The molecule has 2 atom stereocenters. The summed E-state index contributed by atoms with van der Waals surface area (Å²) in [5, 5.41) is 3.11. The zero-order valence-corrected chi connectivity index (χ0v) is 17.1. The quantitative estimate of drug-likeness (QED) is 0.814. The summed E-state index contributed by atoms with van der Waals surface area (Å²) >= 11 is 0. The average molecular weight is 391 g/mol. The molecule has 2 fully saturated rings. The van der Waals surface area contributed by atoms with E-state index in [1.165, 1.54) is 5.56 Å². The summed E-state index contributed by atoms with van der Waals surface area (Å²) in [5.74, 6) is 0.827. The fourth-order valence-corrected chi connectivity index (χ4v) is 4.69. The zero-order valence-electron chi connectivity index (χ0n) is 17.1. The van der Waals surface area contributed by atoms with E-state index >= 15 is 0 Å². The van der Waals surface area contributed by atoms with Gasteiger partial charge in [0.25, 0.3) is 0 Å². The molecule has 2 aromatic carbocycles. The van der Waals surface area contributed by atoms with Crippen molar-refractivity contribution in [2.45, 2.75) is 43.9 Å². The number of carbonyl (C=O) groups excluding carboxylic acids is 2. The molecule has 152 valence electrons. The standard InChI is InChI=1S/C25H30N2O2/c1-2-15-26-24(29)25(20-11-7-4-8-12-20)13-16-27(17-14-25)23(28)22-18-21(22)19-9-5-3-6-10-19/h3-12,21-22H,2,13-18H2,1H3,(H,26,29). The Balaban J connectivity index is 1.44. The highest BCUT2D eigenvalue weighted by molar-refractivity contribution is 5.89. The minimum absolute atomic E-state index is 0.103. The third-order valence-electron chi connectivity index (χ3n) is 6.56. The number of hydrogen-bond donors (Lipinski definition) is 1. The van der Waals surface area contributed by atoms with Crippen molar-refractivity contribution in [3.05, 3.63) is 71.8 Å². The lowest BCUT2D eigenvalue weighted by Gasteiger charge is -2.41. The van der Waals surface area contributed by atoms with Crippen molar-refractivity contribution in [3.63, 3.8) is 0 Å². The Kier molecular flexibility index (Phi) is 5.70. The van der Waals surface area contributed by atoms with Crippen LogP contribution in [0.4, 0.5) is 0 Å². The first-order valence-corrected chi connectivity index (χ1v) is 10.8. The first-order chi connectivity index (χ1) is 14.2. The maximum absolute atomic E-state index is 13.1. The van der Waals surface area contributed by atoms with Gasteiger partial charge in [-0.2, -0.15) is 0 Å². The lowest BCUT2D eigenvalue weighted by atomic mass is 9.72. The monoisotopic (exact) mass is 390 g/mol. The van der Waals surface area contributed by atoms with Crippen molar-refractivity contribution in [1.82, 2.24) is 10.2 Å². The second-order valence-electron chi connectivity index (χ2n) is 8.39. The van der Waals surface area contributed by atoms with Crippen LogP contribution in [0.3, 0.4) is 0 Å². The second-order valence-corrected chi connectivity index (χ2v) is 8.39. The van der Waals surface area contributed by atoms with Gasteiger partial charge in [-0.25, -0.2) is 0 Å². The van der Waals surface area contributed by atoms with Gasteiger partial charge in [-0.15, -0.1) is 0 Å². The van der Waals surface area contributed by atoms with E-state index in [2.05, 4.69) is 36.5 Å². The average Bonchev–Trinajstić information content (AvgIpc) is 3.59. The summed E-state index contributed by atoms with van der Waals surface area (Å²) < 4.78 is 0. The topological polar surface area (TPSA) is 49.4 Å². The lowest BCUT2D eigenvalue weighted by molar-refractivity contribution is -0.138. The summed E-state index contributed by atoms with van der Waals surface area (Å²) in [5.41, 5.74) is 1.80. The van der Waals surface area contributed by atoms with E-state index < -0.39 is 5.41 Å². The molecule has 2 aliphatic rings. The highest BCUT2D eigenvalue weighted by atomic mass is 16.2. The van der Waals surface area contributed by atoms with Gasteiger partial charge in [-0.3, -0.25) is 9.59 Å². The van der Waals surface area contributed by atoms with Gasteiger partial charge in [-0.05, 0) is 42.7 Å². The van der Waals surface area contributed by atoms with Crippen molar-refractivity contribution in [2.75, 3.05) is 19.6 Å². The number of carbonyl (C=O) groups is 2. The number of amides is 2. The number of piperidine rings is 1. The van der Waals surface area contributed by atoms with Gasteiger partial charge >= 0.3 is 0 Å². The number of nitrogens with zero attached hydrogens (tertiary/aromatic N) is 1. The van der Waals surface area contributed by atoms with Crippen molar-refractivity contribution in [1.29, 1.82) is 0 Å². The van der Waals surface area contributed by atoms with Crippen LogP contribution in [0.15, 0.2) is 60.7 Å². The van der Waals surface area contributed by atoms with Gasteiger partial charge in [0.2, 0.25) is 11.8 Å². The third kappa shape index (κ3) is 3.93. The Morgan fingerprint density at radius 3 is 2.24 bits per heavy atom. The van der Waals surface area contributed by atoms with E-state index in [0.29, 0.717) is 38.4 Å². The van der Waals surface area contributed by atoms with Crippen LogP contribution in [0.2, 0.25) is 0 Å². The van der Waals surface area contributed by atoms with E-state index in [0.717, 1.165) is 18.4 Å². The Labute approximate surface area is 173 Å². The fourth-order valence-electron chi connectivity index (χ4n) is 4.69. The lowest BCUT2D eigenvalue weighted by Crippen LogP contribution is -2.53. The van der Waals surface area contributed by atoms with Crippen LogP contribution >= 0.6 is 0 Å². The normalized spacial score (nSPS) is 22.7. The number of rotatable bonds is 6. The van der Waals surface area contributed by atoms with Crippen molar-refractivity contribution >= 4 is 11.8 Å². The van der Waals surface area contributed by atoms with E-state index in [-0.39, 0.29) is 17.7 Å². The molecular formula is C25H30N2O2. The third-order valence-corrected chi connectivity index (χ3v) is 6.56. The molecule has 4 heteroatoms. The largest absolute Gasteiger partial charge is 0.355 e. The van der Waals surface area contributed by atoms with Crippen LogP contribution in [-0.4, -0.2) is 36.3 Å². The highest BCUT2D eigenvalue weighted by Crippen LogP contribution is 2.49. The molecule has 4 rings (SSSR count). The van der Waals surface area contributed by atoms with Crippen molar-refractivity contribution in [2.24, 2.45) is 5.92 Å². The first kappa shape index (κ1) is 19.7. The maximum Gasteiger partial charge on any atom is 0.230 e. The number of hydrogen-bond acceptors (Lipinski definition) is 2. The van der Waals surface area contributed by atoms with Gasteiger partial charge in [-0.1, -0.05) is 67.6 Å². The van der Waals surface area contributed by atoms with E-state index in [1.54, 1.807) is 0 Å². The first-order valence-electron chi connectivity index (χ1n) is 10.8. The number of benzene rings is 2. The molecule has 0 spiro atoms. The smallest absolute Gasteiger partial charge is 0.230 e. The molecule has 0 radical (unpaired) electrons. The Morgan fingerprint density at radius 2 is 1.62 bits per heavy atom. The molecule has 1 aliphatic heterocycles. The molecule has 29 heavy (non-hydrogen) atoms. The van der Waals surface area contributed by atoms with Gasteiger partial charge in [0.05, 0.1) is 5.41 Å². The number of nitrogens with one attached hydrogen (secondary N) is 1. The Hall–Kier alpha value is -2.62. The minimum atomic E-state index is -0.532. The molecular weight excluding hydrogens is 360 g/mol. The Morgan fingerprint density at radius 1 is 1.00 bits per heavy atom. The molecule has 2 aromatic rings. The summed E-state index contributed by atoms with van der Waals surface area (Å²) in [6, 6.07) is 20.4. The number of likely N-dealkylation sites (tertiary alicyclic amines) is 1. The summed E-state index contributed by atoms with van der Waals surface area (Å²) in [6.45, 7) is 4.04. The van der Waals surface area contributed by atoms with E-state index in [4.69, 9.17) is 0 Å². The van der Waals surface area contributed by atoms with Crippen molar-refractivity contribution in [3.8, 4) is 0 Å². The van der Waals surface area contributed by atoms with Gasteiger partial charge in [0.15, 0.2) is 0 Å². The van der Waals surface area contributed by atoms with Crippen LogP contribution in [0.25, 0.3) is 0 Å². The van der Waals surface area contributed by atoms with Gasteiger partial charge < -0.3 is 10.2 Å². The summed E-state index contributed by atoms with van der Waals surface area (Å²) in [6.07, 6.45) is 3.23. The van der Waals surface area contributed by atoms with Crippen molar-refractivity contribution < 1.29 is 9.59 Å². The van der Waals surface area contributed by atoms with E-state index in [9.17, 15) is 9.59 Å². The summed E-state index contributed by atoms with van der Waals surface area (Å²) in [7, 11) is 0. The van der Waals surface area contributed by atoms with Crippen LogP contribution < -0.4 is 5.32 Å². The van der Waals surface area contributed by atoms with Crippen LogP contribution in [-0.2, 0) is 15.0 Å². The molecule has 4 nitrogen and oxygen atoms in total. The SMILES string of the molecule is CCCNC(=O)C1(c2ccccc2)CCN(C(=O)C2CC2c2ccccc2)CC1. The molecule has 1 saturated heterocycles. The molecule has 1 aliphatic carbocycles. The van der Waals surface area contributed by atoms with Crippen LogP contribution in [0, 0.1) is 5.92 Å². The molecule has 2 unspecified atom stereocenters. The fraction of sp³-hybridized carbons (Fsp3) is 0.440. The zero-order chi connectivity index (χ0) is 20.3. The highest BCUT2D eigenvalue weighted by Gasteiger charge is 2.49. The molecule has 1 saturated carbocycles. The molecule has 0 aromatic heterocycles. The van der Waals surface area contributed by atoms with Gasteiger partial charge in [0.1, 0.15) is 0 Å². The van der Waals surface area contributed by atoms with Gasteiger partial charge in [0, 0.05) is 25.6 Å². The molecule has 0 bridgehead atoms. The van der Waals surface area contributed by atoms with E-state index in [1.807, 2.05) is 41.3 Å². The molecule has 2 amide bonds. The second kappa shape index (κ2) is 8.40. The van der Waals surface area contributed by atoms with Crippen LogP contribution in [0.5, 0.6) is 0 Å². The summed E-state index contributed by atoms with van der Waals surface area (Å²) in [4.78, 5) is 28.2. The molecule has 1 heterocycles. The Bertz CT molecular complexity index is 842. The predicted molar refractivity (Wildman–Crippen MR) is 115 cm³/mol. The maximum atomic E-state index is 13.1. The minimum Gasteiger partial charge on any atom is -0.355 e. The molecule has 1 N–H and O–H groups in total. The predicted octanol–water partition coefficient (Wildman–Crippen LogP) is 3.88.